The number of benzene rings is 1. The average molecular weight is 288 g/mol. The zero-order chi connectivity index (χ0) is 15.4. The zero-order valence-corrected chi connectivity index (χ0v) is 12.4. The number of nitrogens with zero attached hydrogens (tertiary/aromatic N) is 2. The topological polar surface area (TPSA) is 82.2 Å². The van der Waals surface area contributed by atoms with E-state index >= 15 is 0 Å². The van der Waals surface area contributed by atoms with Gasteiger partial charge in [-0.1, -0.05) is 12.1 Å². The molecule has 1 heterocycles. The molecule has 2 unspecified atom stereocenters. The maximum atomic E-state index is 12.0. The van der Waals surface area contributed by atoms with Crippen molar-refractivity contribution < 1.29 is 9.53 Å². The second-order valence-corrected chi connectivity index (χ2v) is 4.90. The first-order valence-electron chi connectivity index (χ1n) is 6.70. The molecule has 0 saturated carbocycles. The number of carbonyl (C=O) groups excluding carboxylic acids is 1. The van der Waals surface area contributed by atoms with E-state index in [1.165, 1.54) is 0 Å². The lowest BCUT2D eigenvalue weighted by Gasteiger charge is -2.20. The van der Waals surface area contributed by atoms with Gasteiger partial charge in [-0.25, -0.2) is 4.98 Å². The molecule has 2 atom stereocenters. The van der Waals surface area contributed by atoms with E-state index in [9.17, 15) is 4.79 Å². The third kappa shape index (κ3) is 3.41. The Bertz CT molecular complexity index is 604. The fraction of sp³-hybridized carbons (Fsp3) is 0.333. The van der Waals surface area contributed by atoms with Crippen LogP contribution in [0.15, 0.2) is 36.7 Å². The van der Waals surface area contributed by atoms with Crippen LogP contribution in [-0.4, -0.2) is 28.6 Å². The molecule has 0 fully saturated rings. The van der Waals surface area contributed by atoms with Crippen LogP contribution in [0.2, 0.25) is 0 Å². The van der Waals surface area contributed by atoms with Gasteiger partial charge in [-0.05, 0) is 24.6 Å². The first kappa shape index (κ1) is 15.1. The molecule has 0 aliphatic carbocycles. The van der Waals surface area contributed by atoms with Crippen LogP contribution in [0.5, 0.6) is 5.75 Å². The van der Waals surface area contributed by atoms with E-state index in [0.29, 0.717) is 0 Å². The number of imidazole rings is 1. The molecule has 1 aromatic carbocycles. The van der Waals surface area contributed by atoms with Crippen molar-refractivity contribution in [1.29, 1.82) is 0 Å². The minimum absolute atomic E-state index is 0.223. The Morgan fingerprint density at radius 3 is 2.52 bits per heavy atom. The summed E-state index contributed by atoms with van der Waals surface area (Å²) in [5.41, 5.74) is 6.56. The number of rotatable bonds is 5. The molecular formula is C15H20N4O2. The Morgan fingerprint density at radius 2 is 2.05 bits per heavy atom. The number of methoxy groups -OCH3 is 1. The fourth-order valence-corrected chi connectivity index (χ4v) is 2.02. The van der Waals surface area contributed by atoms with Crippen LogP contribution in [0.4, 0.5) is 0 Å². The molecule has 0 spiro atoms. The van der Waals surface area contributed by atoms with Gasteiger partial charge in [-0.2, -0.15) is 0 Å². The van der Waals surface area contributed by atoms with Gasteiger partial charge in [-0.3, -0.25) is 4.79 Å². The van der Waals surface area contributed by atoms with Crippen LogP contribution in [0, 0.1) is 0 Å². The highest BCUT2D eigenvalue weighted by Crippen LogP contribution is 2.23. The summed E-state index contributed by atoms with van der Waals surface area (Å²) in [5.74, 6) is 1.28. The molecule has 0 aliphatic heterocycles. The Labute approximate surface area is 123 Å². The van der Waals surface area contributed by atoms with Gasteiger partial charge in [0.1, 0.15) is 17.6 Å². The zero-order valence-electron chi connectivity index (χ0n) is 12.4. The van der Waals surface area contributed by atoms with Crippen molar-refractivity contribution in [3.8, 4) is 5.75 Å². The van der Waals surface area contributed by atoms with Gasteiger partial charge in [0.05, 0.1) is 13.2 Å². The van der Waals surface area contributed by atoms with Gasteiger partial charge >= 0.3 is 0 Å². The summed E-state index contributed by atoms with van der Waals surface area (Å²) in [5, 5.41) is 2.93. The highest BCUT2D eigenvalue weighted by atomic mass is 16.5. The van der Waals surface area contributed by atoms with Crippen molar-refractivity contribution in [2.24, 2.45) is 12.8 Å². The Hall–Kier alpha value is -2.34. The number of nitrogens with one attached hydrogen (secondary N) is 1. The predicted molar refractivity (Wildman–Crippen MR) is 79.8 cm³/mol. The van der Waals surface area contributed by atoms with Crippen LogP contribution in [0.25, 0.3) is 0 Å². The van der Waals surface area contributed by atoms with Crippen molar-refractivity contribution >= 4 is 5.91 Å². The van der Waals surface area contributed by atoms with Crippen molar-refractivity contribution in [3.63, 3.8) is 0 Å². The fourth-order valence-electron chi connectivity index (χ4n) is 2.02. The Kier molecular flexibility index (Phi) is 4.59. The van der Waals surface area contributed by atoms with E-state index in [1.54, 1.807) is 20.2 Å². The lowest BCUT2D eigenvalue weighted by Crippen LogP contribution is -2.41. The second-order valence-electron chi connectivity index (χ2n) is 4.90. The molecule has 1 amide bonds. The largest absolute Gasteiger partial charge is 0.497 e. The molecule has 112 valence electrons. The summed E-state index contributed by atoms with van der Waals surface area (Å²) in [6.45, 7) is 1.65. The maximum absolute atomic E-state index is 12.0. The number of nitrogens with two attached hydrogens (primary N) is 1. The summed E-state index contributed by atoms with van der Waals surface area (Å²) in [7, 11) is 3.50. The van der Waals surface area contributed by atoms with Crippen molar-refractivity contribution in [2.75, 3.05) is 7.11 Å². The molecule has 2 aromatic rings. The molecular weight excluding hydrogens is 268 g/mol. The Balaban J connectivity index is 2.35. The number of amides is 1. The summed E-state index contributed by atoms with van der Waals surface area (Å²) < 4.78 is 7.03. The number of aromatic nitrogens is 2. The highest BCUT2D eigenvalue weighted by Gasteiger charge is 2.22. The molecule has 0 aliphatic rings. The molecule has 0 bridgehead atoms. The monoisotopic (exact) mass is 288 g/mol. The number of hydrogen-bond acceptors (Lipinski definition) is 4. The van der Waals surface area contributed by atoms with E-state index in [2.05, 4.69) is 10.3 Å². The molecule has 21 heavy (non-hydrogen) atoms. The van der Waals surface area contributed by atoms with Crippen molar-refractivity contribution in [2.45, 2.75) is 19.0 Å². The average Bonchev–Trinajstić information content (AvgIpc) is 2.90. The van der Waals surface area contributed by atoms with Crippen molar-refractivity contribution in [1.82, 2.24) is 14.9 Å². The number of ether oxygens (including phenoxy) is 1. The SMILES string of the molecule is COc1ccc(C(NC(=O)C(C)N)c2nccn2C)cc1. The summed E-state index contributed by atoms with van der Waals surface area (Å²) >= 11 is 0. The van der Waals surface area contributed by atoms with Gasteiger partial charge in [0, 0.05) is 19.4 Å². The third-order valence-electron chi connectivity index (χ3n) is 3.27. The standard InChI is InChI=1S/C15H20N4O2/c1-10(16)15(20)18-13(14-17-8-9-19(14)2)11-4-6-12(21-3)7-5-11/h4-10,13H,16H2,1-3H3,(H,18,20). The number of hydrogen-bond donors (Lipinski definition) is 2. The molecule has 0 saturated heterocycles. The molecule has 6 heteroatoms. The number of carbonyl (C=O) groups is 1. The van der Waals surface area contributed by atoms with Crippen LogP contribution in [-0.2, 0) is 11.8 Å². The highest BCUT2D eigenvalue weighted by molar-refractivity contribution is 5.81. The van der Waals surface area contributed by atoms with Gasteiger partial charge in [-0.15, -0.1) is 0 Å². The van der Waals surface area contributed by atoms with Crippen LogP contribution >= 0.6 is 0 Å². The minimum atomic E-state index is -0.578. The first-order chi connectivity index (χ1) is 10.0. The smallest absolute Gasteiger partial charge is 0.237 e. The van der Waals surface area contributed by atoms with E-state index in [-0.39, 0.29) is 11.9 Å². The van der Waals surface area contributed by atoms with Crippen LogP contribution in [0.1, 0.15) is 24.4 Å². The summed E-state index contributed by atoms with van der Waals surface area (Å²) in [6, 6.07) is 6.58. The maximum Gasteiger partial charge on any atom is 0.237 e. The van der Waals surface area contributed by atoms with Gasteiger partial charge in [0.25, 0.3) is 0 Å². The van der Waals surface area contributed by atoms with Gasteiger partial charge in [0.2, 0.25) is 5.91 Å². The lowest BCUT2D eigenvalue weighted by molar-refractivity contribution is -0.122. The normalized spacial score (nSPS) is 13.5. The quantitative estimate of drug-likeness (QED) is 0.859. The molecule has 6 nitrogen and oxygen atoms in total. The molecule has 0 radical (unpaired) electrons. The van der Waals surface area contributed by atoms with Gasteiger partial charge < -0.3 is 20.4 Å². The van der Waals surface area contributed by atoms with Crippen molar-refractivity contribution in [3.05, 3.63) is 48.0 Å². The lowest BCUT2D eigenvalue weighted by atomic mass is 10.1. The van der Waals surface area contributed by atoms with E-state index in [1.807, 2.05) is 42.1 Å². The summed E-state index contributed by atoms with van der Waals surface area (Å²) in [6.07, 6.45) is 3.54. The first-order valence-corrected chi connectivity index (χ1v) is 6.70. The number of aryl methyl sites for hydroxylation is 1. The van der Waals surface area contributed by atoms with E-state index in [0.717, 1.165) is 17.1 Å². The summed E-state index contributed by atoms with van der Waals surface area (Å²) in [4.78, 5) is 16.3. The van der Waals surface area contributed by atoms with E-state index < -0.39 is 6.04 Å². The Morgan fingerprint density at radius 1 is 1.38 bits per heavy atom. The minimum Gasteiger partial charge on any atom is -0.497 e. The molecule has 3 N–H and O–H groups in total. The second kappa shape index (κ2) is 6.41. The van der Waals surface area contributed by atoms with E-state index in [4.69, 9.17) is 10.5 Å². The van der Waals surface area contributed by atoms with Crippen LogP contribution in [0.3, 0.4) is 0 Å². The van der Waals surface area contributed by atoms with Crippen LogP contribution < -0.4 is 15.8 Å². The molecule has 2 rings (SSSR count). The third-order valence-corrected chi connectivity index (χ3v) is 3.27. The van der Waals surface area contributed by atoms with Gasteiger partial charge in [0.15, 0.2) is 0 Å². The predicted octanol–water partition coefficient (Wildman–Crippen LogP) is 0.981. The molecule has 1 aromatic heterocycles.